The zero-order valence-corrected chi connectivity index (χ0v) is 12.6. The van der Waals surface area contributed by atoms with Crippen molar-refractivity contribution in [3.63, 3.8) is 0 Å². The number of amides is 2. The standard InChI is InChI=1S/C14H14INO3/c15-9-4-5-11-12(7-9)14(18)16(13(11)17)8-10-3-1-2-6-19-10/h4-5,7,10H,1-3,6,8H2. The van der Waals surface area contributed by atoms with Crippen LogP contribution in [-0.4, -0.2) is 36.0 Å². The van der Waals surface area contributed by atoms with E-state index in [9.17, 15) is 9.59 Å². The van der Waals surface area contributed by atoms with Gasteiger partial charge < -0.3 is 4.74 Å². The van der Waals surface area contributed by atoms with Gasteiger partial charge in [-0.3, -0.25) is 14.5 Å². The molecule has 2 amide bonds. The van der Waals surface area contributed by atoms with Crippen LogP contribution in [-0.2, 0) is 4.74 Å². The molecule has 0 N–H and O–H groups in total. The van der Waals surface area contributed by atoms with Gasteiger partial charge in [0, 0.05) is 10.2 Å². The molecule has 0 bridgehead atoms. The fraction of sp³-hybridized carbons (Fsp3) is 0.429. The first kappa shape index (κ1) is 13.1. The molecule has 1 saturated heterocycles. The van der Waals surface area contributed by atoms with Crippen LogP contribution in [0.3, 0.4) is 0 Å². The second-order valence-corrected chi connectivity index (χ2v) is 6.15. The number of carbonyl (C=O) groups excluding carboxylic acids is 2. The van der Waals surface area contributed by atoms with Crippen LogP contribution in [0, 0.1) is 3.57 Å². The van der Waals surface area contributed by atoms with E-state index in [1.807, 2.05) is 6.07 Å². The molecule has 5 heteroatoms. The van der Waals surface area contributed by atoms with Crippen LogP contribution in [0.4, 0.5) is 0 Å². The Balaban J connectivity index is 1.81. The van der Waals surface area contributed by atoms with Crippen molar-refractivity contribution in [1.82, 2.24) is 4.90 Å². The monoisotopic (exact) mass is 371 g/mol. The third kappa shape index (κ3) is 2.41. The molecule has 19 heavy (non-hydrogen) atoms. The summed E-state index contributed by atoms with van der Waals surface area (Å²) in [6.07, 6.45) is 3.09. The number of fused-ring (bicyclic) bond motifs is 1. The van der Waals surface area contributed by atoms with Gasteiger partial charge in [-0.25, -0.2) is 0 Å². The van der Waals surface area contributed by atoms with Gasteiger partial charge in [0.15, 0.2) is 0 Å². The maximum absolute atomic E-state index is 12.3. The van der Waals surface area contributed by atoms with E-state index in [-0.39, 0.29) is 17.9 Å². The van der Waals surface area contributed by atoms with Gasteiger partial charge in [0.25, 0.3) is 11.8 Å². The normalized spacial score (nSPS) is 22.8. The summed E-state index contributed by atoms with van der Waals surface area (Å²) in [6, 6.07) is 5.36. The van der Waals surface area contributed by atoms with Gasteiger partial charge in [-0.15, -0.1) is 0 Å². The van der Waals surface area contributed by atoms with Gasteiger partial charge in [0.1, 0.15) is 0 Å². The first-order valence-electron chi connectivity index (χ1n) is 6.44. The average molecular weight is 371 g/mol. The minimum atomic E-state index is -0.189. The molecule has 2 aliphatic rings. The van der Waals surface area contributed by atoms with Crippen LogP contribution >= 0.6 is 22.6 Å². The summed E-state index contributed by atoms with van der Waals surface area (Å²) in [5, 5.41) is 0. The molecule has 2 heterocycles. The summed E-state index contributed by atoms with van der Waals surface area (Å²) in [6.45, 7) is 1.11. The van der Waals surface area contributed by atoms with Gasteiger partial charge >= 0.3 is 0 Å². The highest BCUT2D eigenvalue weighted by molar-refractivity contribution is 14.1. The van der Waals surface area contributed by atoms with E-state index < -0.39 is 0 Å². The predicted molar refractivity (Wildman–Crippen MR) is 78.1 cm³/mol. The molecule has 4 nitrogen and oxygen atoms in total. The highest BCUT2D eigenvalue weighted by Gasteiger charge is 2.37. The number of rotatable bonds is 2. The molecule has 0 saturated carbocycles. The lowest BCUT2D eigenvalue weighted by Gasteiger charge is -2.26. The van der Waals surface area contributed by atoms with E-state index in [2.05, 4.69) is 22.6 Å². The number of hydrogen-bond acceptors (Lipinski definition) is 3. The summed E-state index contributed by atoms with van der Waals surface area (Å²) < 4.78 is 6.58. The van der Waals surface area contributed by atoms with E-state index in [4.69, 9.17) is 4.74 Å². The lowest BCUT2D eigenvalue weighted by atomic mass is 10.1. The van der Waals surface area contributed by atoms with Crippen LogP contribution in [0.2, 0.25) is 0 Å². The predicted octanol–water partition coefficient (Wildman–Crippen LogP) is 2.46. The molecule has 1 fully saturated rings. The van der Waals surface area contributed by atoms with Gasteiger partial charge in [-0.1, -0.05) is 0 Å². The third-order valence-electron chi connectivity index (χ3n) is 3.59. The second-order valence-electron chi connectivity index (χ2n) is 4.90. The lowest BCUT2D eigenvalue weighted by molar-refractivity contribution is -0.00111. The van der Waals surface area contributed by atoms with E-state index in [1.165, 1.54) is 4.90 Å². The molecule has 3 rings (SSSR count). The summed E-state index contributed by atoms with van der Waals surface area (Å²) in [4.78, 5) is 25.8. The van der Waals surface area contributed by atoms with Crippen molar-refractivity contribution in [3.8, 4) is 0 Å². The van der Waals surface area contributed by atoms with Gasteiger partial charge in [0.05, 0.1) is 23.8 Å². The van der Waals surface area contributed by atoms with Crippen molar-refractivity contribution >= 4 is 34.4 Å². The molecule has 1 unspecified atom stereocenters. The maximum atomic E-state index is 12.3. The Morgan fingerprint density at radius 2 is 2.00 bits per heavy atom. The number of ether oxygens (including phenoxy) is 1. The highest BCUT2D eigenvalue weighted by Crippen LogP contribution is 2.26. The number of nitrogens with zero attached hydrogens (tertiary/aromatic N) is 1. The molecule has 1 aromatic rings. The van der Waals surface area contributed by atoms with Crippen molar-refractivity contribution in [2.24, 2.45) is 0 Å². The number of carbonyl (C=O) groups is 2. The SMILES string of the molecule is O=C1c2ccc(I)cc2C(=O)N1CC1CCCCO1. The molecule has 0 radical (unpaired) electrons. The Morgan fingerprint density at radius 1 is 1.21 bits per heavy atom. The Kier molecular flexibility index (Phi) is 3.58. The van der Waals surface area contributed by atoms with E-state index in [0.717, 1.165) is 29.4 Å². The molecular weight excluding hydrogens is 357 g/mol. The molecule has 0 aliphatic carbocycles. The first-order chi connectivity index (χ1) is 9.16. The lowest BCUT2D eigenvalue weighted by Crippen LogP contribution is -2.39. The van der Waals surface area contributed by atoms with Crippen LogP contribution in [0.15, 0.2) is 18.2 Å². The van der Waals surface area contributed by atoms with Crippen molar-refractivity contribution in [1.29, 1.82) is 0 Å². The summed E-state index contributed by atoms with van der Waals surface area (Å²) in [5.41, 5.74) is 1.04. The second kappa shape index (κ2) is 5.20. The zero-order valence-electron chi connectivity index (χ0n) is 10.4. The number of halogens is 1. The molecule has 0 spiro atoms. The largest absolute Gasteiger partial charge is 0.376 e. The number of hydrogen-bond donors (Lipinski definition) is 0. The minimum absolute atomic E-state index is 0.00460. The summed E-state index contributed by atoms with van der Waals surface area (Å²) in [7, 11) is 0. The van der Waals surface area contributed by atoms with Crippen LogP contribution in [0.1, 0.15) is 40.0 Å². The van der Waals surface area contributed by atoms with E-state index in [1.54, 1.807) is 12.1 Å². The molecule has 0 aromatic heterocycles. The Labute approximate surface area is 125 Å². The van der Waals surface area contributed by atoms with Crippen molar-refractivity contribution in [2.75, 3.05) is 13.2 Å². The van der Waals surface area contributed by atoms with Gasteiger partial charge in [0.2, 0.25) is 0 Å². The minimum Gasteiger partial charge on any atom is -0.376 e. The molecule has 1 atom stereocenters. The Morgan fingerprint density at radius 3 is 2.74 bits per heavy atom. The van der Waals surface area contributed by atoms with E-state index >= 15 is 0 Å². The highest BCUT2D eigenvalue weighted by atomic mass is 127. The topological polar surface area (TPSA) is 46.6 Å². The Hall–Kier alpha value is -0.950. The smallest absolute Gasteiger partial charge is 0.261 e. The fourth-order valence-electron chi connectivity index (χ4n) is 2.58. The third-order valence-corrected chi connectivity index (χ3v) is 4.26. The van der Waals surface area contributed by atoms with Crippen LogP contribution in [0.25, 0.3) is 0 Å². The van der Waals surface area contributed by atoms with Crippen molar-refractivity contribution in [2.45, 2.75) is 25.4 Å². The zero-order chi connectivity index (χ0) is 13.4. The number of imide groups is 1. The van der Waals surface area contributed by atoms with Crippen LogP contribution in [0.5, 0.6) is 0 Å². The fourth-order valence-corrected chi connectivity index (χ4v) is 3.07. The molecule has 1 aromatic carbocycles. The quantitative estimate of drug-likeness (QED) is 0.593. The van der Waals surface area contributed by atoms with Crippen molar-refractivity contribution < 1.29 is 14.3 Å². The maximum Gasteiger partial charge on any atom is 0.261 e. The molecule has 100 valence electrons. The van der Waals surface area contributed by atoms with Gasteiger partial charge in [-0.05, 0) is 60.1 Å². The molecular formula is C14H14INO3. The number of benzene rings is 1. The molecule has 2 aliphatic heterocycles. The van der Waals surface area contributed by atoms with Crippen LogP contribution < -0.4 is 0 Å². The van der Waals surface area contributed by atoms with Crippen molar-refractivity contribution in [3.05, 3.63) is 32.9 Å². The summed E-state index contributed by atoms with van der Waals surface area (Å²) in [5.74, 6) is -0.377. The Bertz CT molecular complexity index is 537. The van der Waals surface area contributed by atoms with Gasteiger partial charge in [-0.2, -0.15) is 0 Å². The summed E-state index contributed by atoms with van der Waals surface area (Å²) >= 11 is 2.15. The first-order valence-corrected chi connectivity index (χ1v) is 7.52. The average Bonchev–Trinajstić information content (AvgIpc) is 2.65. The van der Waals surface area contributed by atoms with E-state index in [0.29, 0.717) is 17.7 Å².